The maximum atomic E-state index is 13.3. The molecule has 3 rings (SSSR count). The number of esters is 1. The minimum Gasteiger partial charge on any atom is -0.496 e. The number of ketones is 1. The van der Waals surface area contributed by atoms with Gasteiger partial charge in [0.2, 0.25) is 0 Å². The predicted octanol–water partition coefficient (Wildman–Crippen LogP) is 7.74. The van der Waals surface area contributed by atoms with Gasteiger partial charge in [-0.25, -0.2) is 0 Å². The molecule has 0 heterocycles. The van der Waals surface area contributed by atoms with E-state index < -0.39 is 0 Å². The average Bonchev–Trinajstić information content (AvgIpc) is 2.83. The number of aryl methyl sites for hydroxylation is 1. The van der Waals surface area contributed by atoms with Crippen molar-refractivity contribution in [1.29, 1.82) is 0 Å². The largest absolute Gasteiger partial charge is 0.496 e. The molecule has 2 aliphatic carbocycles. The molecule has 1 aromatic rings. The highest BCUT2D eigenvalue weighted by Gasteiger charge is 2.34. The Morgan fingerprint density at radius 3 is 2.26 bits per heavy atom. The molecule has 0 radical (unpaired) electrons. The predicted molar refractivity (Wildman–Crippen MR) is 142 cm³/mol. The molecule has 1 aromatic carbocycles. The molecule has 0 amide bonds. The molecule has 0 spiro atoms. The third-order valence-electron chi connectivity index (χ3n) is 8.01. The van der Waals surface area contributed by atoms with Gasteiger partial charge >= 0.3 is 5.97 Å². The summed E-state index contributed by atoms with van der Waals surface area (Å²) in [5.74, 6) is 1.76. The van der Waals surface area contributed by atoms with Crippen LogP contribution in [0.15, 0.2) is 35.9 Å². The summed E-state index contributed by atoms with van der Waals surface area (Å²) in [6.07, 6.45) is 11.7. The number of carbonyl (C=O) groups excluding carboxylic acids is 2. The van der Waals surface area contributed by atoms with E-state index in [-0.39, 0.29) is 35.4 Å². The van der Waals surface area contributed by atoms with Crippen LogP contribution < -0.4 is 9.47 Å². The number of rotatable bonds is 10. The topological polar surface area (TPSA) is 52.6 Å². The number of benzene rings is 1. The second kappa shape index (κ2) is 12.6. The fourth-order valence-electron chi connectivity index (χ4n) is 5.79. The zero-order valence-electron chi connectivity index (χ0n) is 22.5. The lowest BCUT2D eigenvalue weighted by atomic mass is 9.73. The summed E-state index contributed by atoms with van der Waals surface area (Å²) >= 11 is 0. The fourth-order valence-corrected chi connectivity index (χ4v) is 5.79. The van der Waals surface area contributed by atoms with Crippen molar-refractivity contribution in [3.05, 3.63) is 47.1 Å². The number of allylic oxidation sites excluding steroid dienone is 3. The Bertz CT molecular complexity index is 949. The van der Waals surface area contributed by atoms with E-state index in [0.29, 0.717) is 18.6 Å². The maximum Gasteiger partial charge on any atom is 0.314 e. The summed E-state index contributed by atoms with van der Waals surface area (Å²) in [5, 5.41) is 0. The lowest BCUT2D eigenvalue weighted by Gasteiger charge is -2.33. The Kier molecular flexibility index (Phi) is 9.77. The number of hydrogen-bond acceptors (Lipinski definition) is 4. The molecule has 4 heteroatoms. The van der Waals surface area contributed by atoms with Crippen molar-refractivity contribution in [2.75, 3.05) is 7.11 Å². The zero-order valence-corrected chi connectivity index (χ0v) is 22.5. The van der Waals surface area contributed by atoms with Crippen LogP contribution in [0, 0.1) is 17.8 Å². The monoisotopic (exact) mass is 480 g/mol. The van der Waals surface area contributed by atoms with Gasteiger partial charge in [-0.05, 0) is 95.8 Å². The highest BCUT2D eigenvalue weighted by Crippen LogP contribution is 2.47. The molecule has 2 atom stereocenters. The molecule has 0 unspecified atom stereocenters. The van der Waals surface area contributed by atoms with Crippen LogP contribution in [0.5, 0.6) is 11.5 Å². The van der Waals surface area contributed by atoms with Crippen LogP contribution in [0.4, 0.5) is 0 Å². The summed E-state index contributed by atoms with van der Waals surface area (Å²) in [6, 6.07) is 4.20. The van der Waals surface area contributed by atoms with Gasteiger partial charge in [-0.15, -0.1) is 0 Å². The van der Waals surface area contributed by atoms with Gasteiger partial charge in [0.1, 0.15) is 17.3 Å². The third kappa shape index (κ3) is 6.86. The van der Waals surface area contributed by atoms with Gasteiger partial charge in [0.05, 0.1) is 13.0 Å². The smallest absolute Gasteiger partial charge is 0.314 e. The molecular formula is C31H44O4. The van der Waals surface area contributed by atoms with Gasteiger partial charge in [0.25, 0.3) is 0 Å². The second-order valence-electron chi connectivity index (χ2n) is 10.8. The van der Waals surface area contributed by atoms with Gasteiger partial charge in [0.15, 0.2) is 0 Å². The molecule has 0 aromatic heterocycles. The van der Waals surface area contributed by atoms with Crippen molar-refractivity contribution < 1.29 is 19.1 Å². The lowest BCUT2D eigenvalue weighted by molar-refractivity contribution is -0.141. The SMILES string of the molecule is C=C(C)[C@@H]1CCC(C)=C[C@H]1c1c(OC)cc(CCCCC)cc1OC(=O)C1CCC(C(C)=O)CC1. The van der Waals surface area contributed by atoms with Crippen LogP contribution >= 0.6 is 0 Å². The first kappa shape index (κ1) is 27.2. The van der Waals surface area contributed by atoms with Crippen molar-refractivity contribution in [2.45, 2.75) is 97.8 Å². The van der Waals surface area contributed by atoms with Crippen LogP contribution in [0.2, 0.25) is 0 Å². The standard InChI is InChI=1S/C31H44O4/c1-7-8-9-10-23-18-28(34-6)30(27-17-21(4)11-16-26(27)20(2)3)29(19-23)35-31(33)25-14-12-24(13-15-25)22(5)32/h17-19,24-27H,2,7-16H2,1,3-6H3/t24?,25?,26-,27+/m0/s1. The van der Waals surface area contributed by atoms with E-state index in [9.17, 15) is 9.59 Å². The van der Waals surface area contributed by atoms with Crippen LogP contribution in [0.3, 0.4) is 0 Å². The van der Waals surface area contributed by atoms with Gasteiger partial charge in [-0.3, -0.25) is 9.59 Å². The molecule has 192 valence electrons. The molecular weight excluding hydrogens is 436 g/mol. The minimum atomic E-state index is -0.176. The number of hydrogen-bond donors (Lipinski definition) is 0. The number of Topliss-reactive ketones (excluding diaryl/α,β-unsaturated/α-hetero) is 1. The van der Waals surface area contributed by atoms with E-state index in [1.165, 1.54) is 12.0 Å². The zero-order chi connectivity index (χ0) is 25.5. The molecule has 0 saturated heterocycles. The van der Waals surface area contributed by atoms with E-state index in [2.05, 4.69) is 45.6 Å². The van der Waals surface area contributed by atoms with Crippen molar-refractivity contribution in [3.8, 4) is 11.5 Å². The highest BCUT2D eigenvalue weighted by molar-refractivity contribution is 5.80. The molecule has 0 bridgehead atoms. The average molecular weight is 481 g/mol. The normalized spacial score (nSPS) is 24.4. The molecule has 4 nitrogen and oxygen atoms in total. The Labute approximate surface area is 212 Å². The van der Waals surface area contributed by atoms with Crippen LogP contribution in [0.25, 0.3) is 0 Å². The molecule has 0 aliphatic heterocycles. The first-order valence-corrected chi connectivity index (χ1v) is 13.5. The number of ether oxygens (including phenoxy) is 2. The summed E-state index contributed by atoms with van der Waals surface area (Å²) in [4.78, 5) is 25.1. The van der Waals surface area contributed by atoms with E-state index in [0.717, 1.165) is 67.4 Å². The van der Waals surface area contributed by atoms with Crippen LogP contribution in [-0.2, 0) is 16.0 Å². The molecule has 35 heavy (non-hydrogen) atoms. The summed E-state index contributed by atoms with van der Waals surface area (Å²) in [7, 11) is 1.71. The fraction of sp³-hybridized carbons (Fsp3) is 0.613. The Morgan fingerprint density at radius 2 is 1.66 bits per heavy atom. The van der Waals surface area contributed by atoms with Crippen LogP contribution in [-0.4, -0.2) is 18.9 Å². The Morgan fingerprint density at radius 1 is 1.00 bits per heavy atom. The molecule has 1 saturated carbocycles. The number of methoxy groups -OCH3 is 1. The first-order chi connectivity index (χ1) is 16.7. The van der Waals surface area contributed by atoms with Gasteiger partial charge < -0.3 is 9.47 Å². The van der Waals surface area contributed by atoms with E-state index in [1.807, 2.05) is 0 Å². The lowest BCUT2D eigenvalue weighted by Crippen LogP contribution is -2.28. The molecule has 0 N–H and O–H groups in total. The third-order valence-corrected chi connectivity index (χ3v) is 8.01. The number of unbranched alkanes of at least 4 members (excludes halogenated alkanes) is 2. The molecule has 1 fully saturated rings. The summed E-state index contributed by atoms with van der Waals surface area (Å²) in [6.45, 7) is 12.4. The highest BCUT2D eigenvalue weighted by atomic mass is 16.5. The van der Waals surface area contributed by atoms with Gasteiger partial charge in [-0.1, -0.05) is 43.6 Å². The van der Waals surface area contributed by atoms with E-state index >= 15 is 0 Å². The van der Waals surface area contributed by atoms with Crippen molar-refractivity contribution in [2.24, 2.45) is 17.8 Å². The maximum absolute atomic E-state index is 13.3. The van der Waals surface area contributed by atoms with Crippen molar-refractivity contribution in [1.82, 2.24) is 0 Å². The Balaban J connectivity index is 1.97. The van der Waals surface area contributed by atoms with Gasteiger partial charge in [0, 0.05) is 17.4 Å². The minimum absolute atomic E-state index is 0.0668. The van der Waals surface area contributed by atoms with Crippen molar-refractivity contribution in [3.63, 3.8) is 0 Å². The van der Waals surface area contributed by atoms with Crippen molar-refractivity contribution >= 4 is 11.8 Å². The number of carbonyl (C=O) groups is 2. The van der Waals surface area contributed by atoms with Gasteiger partial charge in [-0.2, -0.15) is 0 Å². The Hall–Kier alpha value is -2.36. The second-order valence-corrected chi connectivity index (χ2v) is 10.8. The van der Waals surface area contributed by atoms with E-state index in [1.54, 1.807) is 14.0 Å². The van der Waals surface area contributed by atoms with E-state index in [4.69, 9.17) is 9.47 Å². The summed E-state index contributed by atoms with van der Waals surface area (Å²) < 4.78 is 12.2. The first-order valence-electron chi connectivity index (χ1n) is 13.5. The molecule has 2 aliphatic rings. The van der Waals surface area contributed by atoms with Crippen LogP contribution in [0.1, 0.15) is 103 Å². The quantitative estimate of drug-likeness (QED) is 0.149. The summed E-state index contributed by atoms with van der Waals surface area (Å²) in [5.41, 5.74) is 4.60.